The number of rotatable bonds is 2. The lowest BCUT2D eigenvalue weighted by molar-refractivity contribution is 0.110. The molecular weight excluding hydrogens is 198 g/mol. The second kappa shape index (κ2) is 4.16. The first kappa shape index (κ1) is 11.3. The minimum atomic E-state index is -0.835. The van der Waals surface area contributed by atoms with Crippen LogP contribution < -0.4 is 4.74 Å². The first-order valence-electron chi connectivity index (χ1n) is 4.39. The summed E-state index contributed by atoms with van der Waals surface area (Å²) in [7, 11) is 2.93. The van der Waals surface area contributed by atoms with Gasteiger partial charge in [0, 0.05) is 12.7 Å². The van der Waals surface area contributed by atoms with E-state index < -0.39 is 6.16 Å². The SMILES string of the molecule is COC(=O)Oc1c(C=O)c(C)c(C)n1C. The van der Waals surface area contributed by atoms with E-state index in [2.05, 4.69) is 4.74 Å². The van der Waals surface area contributed by atoms with Crippen LogP contribution in [-0.2, 0) is 11.8 Å². The maximum Gasteiger partial charge on any atom is 0.514 e. The molecule has 0 fully saturated rings. The third-order valence-corrected chi connectivity index (χ3v) is 2.45. The molecule has 0 aliphatic rings. The molecule has 0 unspecified atom stereocenters. The minimum Gasteiger partial charge on any atom is -0.437 e. The van der Waals surface area contributed by atoms with Crippen LogP contribution in [-0.4, -0.2) is 24.1 Å². The number of carbonyl (C=O) groups is 2. The summed E-state index contributed by atoms with van der Waals surface area (Å²) in [4.78, 5) is 21.8. The van der Waals surface area contributed by atoms with E-state index in [0.717, 1.165) is 11.3 Å². The van der Waals surface area contributed by atoms with Crippen molar-refractivity contribution >= 4 is 12.4 Å². The standard InChI is InChI=1S/C10H13NO4/c1-6-7(2)11(3)9(8(6)5-12)15-10(13)14-4/h5H,1-4H3. The van der Waals surface area contributed by atoms with Crippen LogP contribution in [0.25, 0.3) is 0 Å². The largest absolute Gasteiger partial charge is 0.514 e. The Morgan fingerprint density at radius 2 is 2.00 bits per heavy atom. The van der Waals surface area contributed by atoms with Crippen LogP contribution in [0.2, 0.25) is 0 Å². The van der Waals surface area contributed by atoms with Gasteiger partial charge in [0.1, 0.15) is 0 Å². The van der Waals surface area contributed by atoms with Crippen LogP contribution in [0.5, 0.6) is 5.88 Å². The lowest BCUT2D eigenvalue weighted by Gasteiger charge is -2.05. The fourth-order valence-electron chi connectivity index (χ4n) is 1.32. The zero-order valence-corrected chi connectivity index (χ0v) is 9.16. The molecule has 0 spiro atoms. The monoisotopic (exact) mass is 211 g/mol. The highest BCUT2D eigenvalue weighted by atomic mass is 16.7. The summed E-state index contributed by atoms with van der Waals surface area (Å²) in [5, 5.41) is 0. The molecule has 0 aliphatic heterocycles. The van der Waals surface area contributed by atoms with Gasteiger partial charge in [0.15, 0.2) is 6.29 Å². The molecule has 1 aromatic heterocycles. The van der Waals surface area contributed by atoms with Crippen molar-refractivity contribution in [1.29, 1.82) is 0 Å². The zero-order chi connectivity index (χ0) is 11.6. The number of nitrogens with zero attached hydrogens (tertiary/aromatic N) is 1. The quantitative estimate of drug-likeness (QED) is 0.550. The van der Waals surface area contributed by atoms with Gasteiger partial charge in [-0.25, -0.2) is 4.79 Å². The van der Waals surface area contributed by atoms with Crippen molar-refractivity contribution in [1.82, 2.24) is 4.57 Å². The average molecular weight is 211 g/mol. The fourth-order valence-corrected chi connectivity index (χ4v) is 1.32. The number of aromatic nitrogens is 1. The first-order valence-corrected chi connectivity index (χ1v) is 4.39. The van der Waals surface area contributed by atoms with Gasteiger partial charge in [0.2, 0.25) is 5.88 Å². The number of carbonyl (C=O) groups excluding carboxylic acids is 2. The smallest absolute Gasteiger partial charge is 0.437 e. The Balaban J connectivity index is 3.21. The van der Waals surface area contributed by atoms with Crippen molar-refractivity contribution < 1.29 is 19.1 Å². The van der Waals surface area contributed by atoms with E-state index in [4.69, 9.17) is 4.74 Å². The van der Waals surface area contributed by atoms with Crippen molar-refractivity contribution in [3.05, 3.63) is 16.8 Å². The molecule has 1 rings (SSSR count). The molecule has 0 bridgehead atoms. The predicted molar refractivity (Wildman–Crippen MR) is 53.3 cm³/mol. The maximum atomic E-state index is 10.9. The molecule has 5 nitrogen and oxygen atoms in total. The first-order chi connectivity index (χ1) is 7.02. The molecule has 0 amide bonds. The third kappa shape index (κ3) is 1.86. The fraction of sp³-hybridized carbons (Fsp3) is 0.400. The van der Waals surface area contributed by atoms with Crippen LogP contribution in [0.3, 0.4) is 0 Å². The van der Waals surface area contributed by atoms with E-state index in [0.29, 0.717) is 11.8 Å². The van der Waals surface area contributed by atoms with Gasteiger partial charge in [-0.2, -0.15) is 0 Å². The minimum absolute atomic E-state index is 0.215. The highest BCUT2D eigenvalue weighted by Gasteiger charge is 2.19. The van der Waals surface area contributed by atoms with Gasteiger partial charge in [-0.1, -0.05) is 0 Å². The normalized spacial score (nSPS) is 9.87. The zero-order valence-electron chi connectivity index (χ0n) is 9.16. The number of hydrogen-bond acceptors (Lipinski definition) is 4. The second-order valence-electron chi connectivity index (χ2n) is 3.16. The van der Waals surface area contributed by atoms with Crippen LogP contribution in [0.15, 0.2) is 0 Å². The van der Waals surface area contributed by atoms with Gasteiger partial charge in [-0.3, -0.25) is 4.79 Å². The molecule has 0 saturated carbocycles. The van der Waals surface area contributed by atoms with E-state index in [1.807, 2.05) is 6.92 Å². The number of methoxy groups -OCH3 is 1. The van der Waals surface area contributed by atoms with Crippen molar-refractivity contribution in [2.75, 3.05) is 7.11 Å². The molecule has 82 valence electrons. The number of hydrogen-bond donors (Lipinski definition) is 0. The van der Waals surface area contributed by atoms with E-state index in [-0.39, 0.29) is 5.88 Å². The van der Waals surface area contributed by atoms with Gasteiger partial charge in [-0.15, -0.1) is 0 Å². The van der Waals surface area contributed by atoms with Gasteiger partial charge < -0.3 is 14.0 Å². The van der Waals surface area contributed by atoms with Crippen LogP contribution in [0.1, 0.15) is 21.6 Å². The summed E-state index contributed by atoms with van der Waals surface area (Å²) < 4.78 is 10.9. The highest BCUT2D eigenvalue weighted by molar-refractivity contribution is 5.83. The van der Waals surface area contributed by atoms with Crippen molar-refractivity contribution in [3.63, 3.8) is 0 Å². The Morgan fingerprint density at radius 1 is 1.40 bits per heavy atom. The third-order valence-electron chi connectivity index (χ3n) is 2.45. The molecule has 0 N–H and O–H groups in total. The molecule has 15 heavy (non-hydrogen) atoms. The number of aldehydes is 1. The lowest BCUT2D eigenvalue weighted by atomic mass is 10.2. The Labute approximate surface area is 87.6 Å². The molecule has 0 aliphatic carbocycles. The summed E-state index contributed by atoms with van der Waals surface area (Å²) in [5.41, 5.74) is 2.04. The Kier molecular flexibility index (Phi) is 3.14. The molecule has 1 heterocycles. The summed E-state index contributed by atoms with van der Waals surface area (Å²) in [5.74, 6) is 0.215. The lowest BCUT2D eigenvalue weighted by Crippen LogP contribution is -2.11. The number of ether oxygens (including phenoxy) is 2. The summed E-state index contributed by atoms with van der Waals surface area (Å²) in [6, 6.07) is 0. The average Bonchev–Trinajstić information content (AvgIpc) is 2.43. The highest BCUT2D eigenvalue weighted by Crippen LogP contribution is 2.26. The van der Waals surface area contributed by atoms with Crippen molar-refractivity contribution in [3.8, 4) is 5.88 Å². The molecule has 5 heteroatoms. The van der Waals surface area contributed by atoms with E-state index >= 15 is 0 Å². The van der Waals surface area contributed by atoms with Crippen LogP contribution in [0, 0.1) is 13.8 Å². The molecule has 1 aromatic rings. The van der Waals surface area contributed by atoms with E-state index in [1.165, 1.54) is 7.11 Å². The predicted octanol–water partition coefficient (Wildman–Crippen LogP) is 1.60. The van der Waals surface area contributed by atoms with Crippen LogP contribution in [0.4, 0.5) is 4.79 Å². The Morgan fingerprint density at radius 3 is 2.47 bits per heavy atom. The van der Waals surface area contributed by atoms with Crippen molar-refractivity contribution in [2.24, 2.45) is 7.05 Å². The molecule has 0 atom stereocenters. The van der Waals surface area contributed by atoms with Crippen LogP contribution >= 0.6 is 0 Å². The molecule has 0 radical (unpaired) electrons. The van der Waals surface area contributed by atoms with Gasteiger partial charge >= 0.3 is 6.16 Å². The van der Waals surface area contributed by atoms with E-state index in [9.17, 15) is 9.59 Å². The molecular formula is C10H13NO4. The molecule has 0 aromatic carbocycles. The Hall–Kier alpha value is -1.78. The Bertz CT molecular complexity index is 406. The summed E-state index contributed by atoms with van der Waals surface area (Å²) in [6.07, 6.45) is -0.167. The van der Waals surface area contributed by atoms with Crippen molar-refractivity contribution in [2.45, 2.75) is 13.8 Å². The van der Waals surface area contributed by atoms with Gasteiger partial charge in [0.25, 0.3) is 0 Å². The topological polar surface area (TPSA) is 57.5 Å². The van der Waals surface area contributed by atoms with Gasteiger partial charge in [-0.05, 0) is 19.4 Å². The second-order valence-corrected chi connectivity index (χ2v) is 3.16. The van der Waals surface area contributed by atoms with E-state index in [1.54, 1.807) is 18.5 Å². The summed E-state index contributed by atoms with van der Waals surface area (Å²) >= 11 is 0. The van der Waals surface area contributed by atoms with Gasteiger partial charge in [0.05, 0.1) is 12.7 Å². The summed E-state index contributed by atoms with van der Waals surface area (Å²) in [6.45, 7) is 3.63. The maximum absolute atomic E-state index is 10.9. The molecule has 0 saturated heterocycles.